The molecule has 166 valence electrons. The lowest BCUT2D eigenvalue weighted by molar-refractivity contribution is -0.385. The van der Waals surface area contributed by atoms with Crippen molar-refractivity contribution in [2.45, 2.75) is 37.3 Å². The molecule has 2 aliphatic heterocycles. The van der Waals surface area contributed by atoms with Crippen LogP contribution in [0, 0.1) is 16.0 Å². The summed E-state index contributed by atoms with van der Waals surface area (Å²) in [5, 5.41) is 28.3. The van der Waals surface area contributed by atoms with Gasteiger partial charge < -0.3 is 20.5 Å². The van der Waals surface area contributed by atoms with Crippen molar-refractivity contribution >= 4 is 17.3 Å². The number of phenolic OH excluding ortho intramolecular Hbond substituents is 1. The van der Waals surface area contributed by atoms with E-state index >= 15 is 0 Å². The second-order valence-corrected chi connectivity index (χ2v) is 8.59. The summed E-state index contributed by atoms with van der Waals surface area (Å²) in [7, 11) is 0. The number of ether oxygens (including phenoxy) is 1. The first-order valence-corrected chi connectivity index (χ1v) is 11.0. The number of non-ortho nitro benzene ring substituents is 1. The van der Waals surface area contributed by atoms with Crippen molar-refractivity contribution in [3.8, 4) is 5.75 Å². The van der Waals surface area contributed by atoms with Crippen molar-refractivity contribution < 1.29 is 19.6 Å². The van der Waals surface area contributed by atoms with Crippen LogP contribution in [-0.4, -0.2) is 35.2 Å². The van der Waals surface area contributed by atoms with Gasteiger partial charge in [0.25, 0.3) is 11.6 Å². The number of hydrogen-bond donors (Lipinski definition) is 3. The topological polar surface area (TPSA) is 114 Å². The molecule has 4 atom stereocenters. The number of carbonyl (C=O) groups is 1. The smallest absolute Gasteiger partial charge is 0.270 e. The summed E-state index contributed by atoms with van der Waals surface area (Å²) >= 11 is 0. The fourth-order valence-corrected chi connectivity index (χ4v) is 5.13. The average Bonchev–Trinajstić information content (AvgIpc) is 3.49. The second-order valence-electron chi connectivity index (χ2n) is 8.59. The molecular formula is C24H25N3O5. The number of nitro groups is 1. The lowest BCUT2D eigenvalue weighted by Gasteiger charge is -2.38. The van der Waals surface area contributed by atoms with E-state index in [2.05, 4.69) is 22.8 Å². The van der Waals surface area contributed by atoms with E-state index < -0.39 is 4.92 Å². The fourth-order valence-electron chi connectivity index (χ4n) is 5.13. The zero-order valence-electron chi connectivity index (χ0n) is 17.5. The zero-order valence-corrected chi connectivity index (χ0v) is 17.5. The summed E-state index contributed by atoms with van der Waals surface area (Å²) in [6.07, 6.45) is 6.99. The highest BCUT2D eigenvalue weighted by Crippen LogP contribution is 2.52. The molecule has 1 saturated heterocycles. The summed E-state index contributed by atoms with van der Waals surface area (Å²) in [5.41, 5.74) is 2.65. The first-order valence-electron chi connectivity index (χ1n) is 11.0. The van der Waals surface area contributed by atoms with E-state index in [0.29, 0.717) is 23.4 Å². The van der Waals surface area contributed by atoms with Gasteiger partial charge >= 0.3 is 0 Å². The van der Waals surface area contributed by atoms with Gasteiger partial charge in [0.15, 0.2) is 0 Å². The zero-order chi connectivity index (χ0) is 22.2. The molecule has 32 heavy (non-hydrogen) atoms. The maximum Gasteiger partial charge on any atom is 0.270 e. The summed E-state index contributed by atoms with van der Waals surface area (Å²) in [6.45, 7) is 1.19. The Morgan fingerprint density at radius 2 is 2.16 bits per heavy atom. The molecule has 4 unspecified atom stereocenters. The number of nitrogens with zero attached hydrogens (tertiary/aromatic N) is 1. The maximum atomic E-state index is 13.1. The van der Waals surface area contributed by atoms with Gasteiger partial charge in [-0.2, -0.15) is 0 Å². The van der Waals surface area contributed by atoms with Gasteiger partial charge in [-0.25, -0.2) is 0 Å². The molecule has 1 fully saturated rings. The Morgan fingerprint density at radius 3 is 2.94 bits per heavy atom. The molecule has 3 N–H and O–H groups in total. The normalized spacial score (nSPS) is 25.6. The Labute approximate surface area is 185 Å². The molecule has 0 radical (unpaired) electrons. The molecule has 0 aromatic heterocycles. The molecule has 8 heteroatoms. The fraction of sp³-hybridized carbons (Fsp3) is 0.375. The third kappa shape index (κ3) is 3.60. The van der Waals surface area contributed by atoms with Crippen LogP contribution in [0.25, 0.3) is 0 Å². The van der Waals surface area contributed by atoms with Crippen LogP contribution in [0.2, 0.25) is 0 Å². The van der Waals surface area contributed by atoms with Crippen LogP contribution >= 0.6 is 0 Å². The number of nitrogens with one attached hydrogen (secondary N) is 2. The lowest BCUT2D eigenvalue weighted by Crippen LogP contribution is -2.34. The van der Waals surface area contributed by atoms with Crippen LogP contribution in [0.15, 0.2) is 48.6 Å². The Morgan fingerprint density at radius 1 is 1.28 bits per heavy atom. The molecule has 0 bridgehead atoms. The summed E-state index contributed by atoms with van der Waals surface area (Å²) in [6, 6.07) is 9.39. The van der Waals surface area contributed by atoms with Gasteiger partial charge in [-0.15, -0.1) is 0 Å². The summed E-state index contributed by atoms with van der Waals surface area (Å²) in [4.78, 5) is 23.9. The number of anilines is 1. The number of rotatable bonds is 5. The first-order chi connectivity index (χ1) is 15.5. The lowest BCUT2D eigenvalue weighted by atomic mass is 9.76. The van der Waals surface area contributed by atoms with Gasteiger partial charge in [-0.3, -0.25) is 14.9 Å². The molecule has 0 spiro atoms. The van der Waals surface area contributed by atoms with Gasteiger partial charge in [-0.1, -0.05) is 24.3 Å². The molecule has 2 aromatic rings. The highest BCUT2D eigenvalue weighted by Gasteiger charge is 2.40. The van der Waals surface area contributed by atoms with Crippen molar-refractivity contribution in [1.82, 2.24) is 5.32 Å². The standard InChI is InChI=1S/C24H25N3O5/c28-21-10-9-14(27(30)31)12-20(21)23-18-6-1-5-16(18)17-7-2-8-19(22(17)26-23)24(29)25-13-15-4-3-11-32-15/h1-2,5,7-10,12,15-16,18,23,26,28H,3-4,6,11,13H2,(H,25,29). The van der Waals surface area contributed by atoms with Gasteiger partial charge in [0.1, 0.15) is 5.75 Å². The van der Waals surface area contributed by atoms with Gasteiger partial charge in [0.05, 0.1) is 28.3 Å². The minimum absolute atomic E-state index is 0.00233. The number of nitro benzene ring substituents is 1. The van der Waals surface area contributed by atoms with Crippen molar-refractivity contribution in [2.75, 3.05) is 18.5 Å². The molecule has 1 aliphatic carbocycles. The molecule has 8 nitrogen and oxygen atoms in total. The number of amides is 1. The minimum atomic E-state index is -0.464. The molecule has 2 heterocycles. The second kappa shape index (κ2) is 8.27. The van der Waals surface area contributed by atoms with Crippen molar-refractivity contribution in [3.05, 3.63) is 75.4 Å². The highest BCUT2D eigenvalue weighted by atomic mass is 16.6. The number of allylic oxidation sites excluding steroid dienone is 2. The third-order valence-electron chi connectivity index (χ3n) is 6.71. The highest BCUT2D eigenvalue weighted by molar-refractivity contribution is 6.00. The number of para-hydroxylation sites is 1. The quantitative estimate of drug-likeness (QED) is 0.371. The van der Waals surface area contributed by atoms with E-state index in [4.69, 9.17) is 4.74 Å². The molecule has 5 rings (SSSR count). The number of phenols is 1. The number of aromatic hydroxyl groups is 1. The van der Waals surface area contributed by atoms with Crippen LogP contribution < -0.4 is 10.6 Å². The molecular weight excluding hydrogens is 410 g/mol. The van der Waals surface area contributed by atoms with E-state index in [1.807, 2.05) is 12.1 Å². The number of benzene rings is 2. The predicted octanol–water partition coefficient (Wildman–Crippen LogP) is 4.04. The van der Waals surface area contributed by atoms with Gasteiger partial charge in [0.2, 0.25) is 0 Å². The van der Waals surface area contributed by atoms with E-state index in [0.717, 1.165) is 31.4 Å². The molecule has 2 aromatic carbocycles. The van der Waals surface area contributed by atoms with E-state index in [9.17, 15) is 20.0 Å². The number of fused-ring (bicyclic) bond motifs is 3. The molecule has 0 saturated carbocycles. The third-order valence-corrected chi connectivity index (χ3v) is 6.71. The van der Waals surface area contributed by atoms with Gasteiger partial charge in [0, 0.05) is 36.8 Å². The molecule has 1 amide bonds. The number of hydrogen-bond acceptors (Lipinski definition) is 6. The summed E-state index contributed by atoms with van der Waals surface area (Å²) in [5.74, 6) is -0.0452. The van der Waals surface area contributed by atoms with Crippen molar-refractivity contribution in [2.24, 2.45) is 5.92 Å². The number of carbonyl (C=O) groups excluding carboxylic acids is 1. The van der Waals surface area contributed by atoms with Crippen molar-refractivity contribution in [3.63, 3.8) is 0 Å². The van der Waals surface area contributed by atoms with Crippen LogP contribution in [0.3, 0.4) is 0 Å². The van der Waals surface area contributed by atoms with Gasteiger partial charge in [-0.05, 0) is 42.9 Å². The Hall–Kier alpha value is -3.39. The predicted molar refractivity (Wildman–Crippen MR) is 119 cm³/mol. The minimum Gasteiger partial charge on any atom is -0.508 e. The Kier molecular flexibility index (Phi) is 5.30. The van der Waals surface area contributed by atoms with Crippen LogP contribution in [0.5, 0.6) is 5.75 Å². The largest absolute Gasteiger partial charge is 0.508 e. The maximum absolute atomic E-state index is 13.1. The van der Waals surface area contributed by atoms with E-state index in [1.54, 1.807) is 6.07 Å². The first kappa shape index (κ1) is 20.5. The van der Waals surface area contributed by atoms with Crippen molar-refractivity contribution in [1.29, 1.82) is 0 Å². The Bertz CT molecular complexity index is 1090. The Balaban J connectivity index is 1.49. The van der Waals surface area contributed by atoms with Crippen LogP contribution in [0.4, 0.5) is 11.4 Å². The van der Waals surface area contributed by atoms with Crippen LogP contribution in [-0.2, 0) is 4.74 Å². The monoisotopic (exact) mass is 435 g/mol. The molecule has 3 aliphatic rings. The summed E-state index contributed by atoms with van der Waals surface area (Å²) < 4.78 is 5.60. The van der Waals surface area contributed by atoms with E-state index in [1.165, 1.54) is 18.2 Å². The van der Waals surface area contributed by atoms with E-state index in [-0.39, 0.29) is 41.3 Å². The van der Waals surface area contributed by atoms with Crippen LogP contribution in [0.1, 0.15) is 52.7 Å². The SMILES string of the molecule is O=C(NCC1CCCO1)c1cccc2c1NC(c1cc([N+](=O)[O-])ccc1O)C1CC=CC21. The average molecular weight is 435 g/mol.